The number of hydrogen-bond donors (Lipinski definition) is 1. The van der Waals surface area contributed by atoms with Crippen LogP contribution in [0.25, 0.3) is 11.0 Å². The number of nitrogens with one attached hydrogen (secondary N) is 1. The smallest absolute Gasteiger partial charge is 0.253 e. The normalized spacial score (nSPS) is 10.8. The molecular weight excluding hydrogens is 333 g/mol. The molecule has 0 spiro atoms. The summed E-state index contributed by atoms with van der Waals surface area (Å²) < 4.78 is 19.2. The largest absolute Gasteiger partial charge is 0.496 e. The summed E-state index contributed by atoms with van der Waals surface area (Å²) in [6.07, 6.45) is 0.604. The van der Waals surface area contributed by atoms with Crippen LogP contribution in [0.1, 0.15) is 27.3 Å². The third-order valence-electron chi connectivity index (χ3n) is 4.26. The second-order valence-electron chi connectivity index (χ2n) is 6.03. The minimum atomic E-state index is -0.509. The van der Waals surface area contributed by atoms with Gasteiger partial charge in [-0.25, -0.2) is 14.4 Å². The van der Waals surface area contributed by atoms with Gasteiger partial charge in [-0.05, 0) is 38.0 Å². The maximum Gasteiger partial charge on any atom is 0.253 e. The van der Waals surface area contributed by atoms with E-state index in [1.54, 1.807) is 14.0 Å². The molecule has 2 aromatic carbocycles. The van der Waals surface area contributed by atoms with Gasteiger partial charge in [0.1, 0.15) is 17.1 Å². The molecular formula is C20H20FN3O2. The van der Waals surface area contributed by atoms with Gasteiger partial charge >= 0.3 is 0 Å². The second kappa shape index (κ2) is 7.47. The number of carbonyl (C=O) groups is 1. The molecule has 0 atom stereocenters. The molecule has 1 amide bonds. The maximum absolute atomic E-state index is 13.9. The van der Waals surface area contributed by atoms with Gasteiger partial charge in [0.05, 0.1) is 29.6 Å². The van der Waals surface area contributed by atoms with Crippen molar-refractivity contribution in [3.63, 3.8) is 0 Å². The highest BCUT2D eigenvalue weighted by atomic mass is 19.1. The predicted octanol–water partition coefficient (Wildman–Crippen LogP) is 3.37. The van der Waals surface area contributed by atoms with Crippen LogP contribution in [0.2, 0.25) is 0 Å². The number of amides is 1. The molecule has 3 aromatic rings. The fourth-order valence-electron chi connectivity index (χ4n) is 2.79. The average Bonchev–Trinajstić information content (AvgIpc) is 2.62. The Morgan fingerprint density at radius 1 is 1.15 bits per heavy atom. The Morgan fingerprint density at radius 2 is 1.88 bits per heavy atom. The number of methoxy groups -OCH3 is 1. The summed E-state index contributed by atoms with van der Waals surface area (Å²) >= 11 is 0. The number of ether oxygens (including phenoxy) is 1. The number of fused-ring (bicyclic) bond motifs is 1. The molecule has 134 valence electrons. The van der Waals surface area contributed by atoms with Crippen molar-refractivity contribution < 1.29 is 13.9 Å². The van der Waals surface area contributed by atoms with Crippen LogP contribution in [0, 0.1) is 19.7 Å². The molecule has 1 aromatic heterocycles. The van der Waals surface area contributed by atoms with E-state index < -0.39 is 5.82 Å². The van der Waals surface area contributed by atoms with E-state index in [1.807, 2.05) is 31.2 Å². The first kappa shape index (κ1) is 17.8. The molecule has 0 aliphatic heterocycles. The summed E-state index contributed by atoms with van der Waals surface area (Å²) in [6.45, 7) is 4.02. The first-order chi connectivity index (χ1) is 12.5. The van der Waals surface area contributed by atoms with Gasteiger partial charge in [0, 0.05) is 12.6 Å². The van der Waals surface area contributed by atoms with E-state index in [0.29, 0.717) is 35.4 Å². The highest BCUT2D eigenvalue weighted by Crippen LogP contribution is 2.20. The summed E-state index contributed by atoms with van der Waals surface area (Å²) in [5, 5.41) is 2.82. The molecule has 0 saturated carbocycles. The van der Waals surface area contributed by atoms with E-state index >= 15 is 0 Å². The lowest BCUT2D eigenvalue weighted by Crippen LogP contribution is -2.26. The monoisotopic (exact) mass is 353 g/mol. The van der Waals surface area contributed by atoms with Gasteiger partial charge in [0.25, 0.3) is 5.91 Å². The van der Waals surface area contributed by atoms with Gasteiger partial charge in [-0.1, -0.05) is 18.2 Å². The van der Waals surface area contributed by atoms with Crippen LogP contribution in [0.5, 0.6) is 5.75 Å². The van der Waals surface area contributed by atoms with Gasteiger partial charge < -0.3 is 10.1 Å². The number of halogens is 1. The van der Waals surface area contributed by atoms with E-state index in [9.17, 15) is 9.18 Å². The summed E-state index contributed by atoms with van der Waals surface area (Å²) in [5.74, 6) is -0.109. The van der Waals surface area contributed by atoms with Gasteiger partial charge in [-0.2, -0.15) is 0 Å². The summed E-state index contributed by atoms with van der Waals surface area (Å²) in [6, 6.07) is 10.1. The van der Waals surface area contributed by atoms with Crippen LogP contribution in [-0.4, -0.2) is 29.5 Å². The van der Waals surface area contributed by atoms with Crippen LogP contribution < -0.4 is 10.1 Å². The Hall–Kier alpha value is -3.02. The predicted molar refractivity (Wildman–Crippen MR) is 98.0 cm³/mol. The molecule has 0 fully saturated rings. The van der Waals surface area contributed by atoms with Crippen molar-refractivity contribution in [1.29, 1.82) is 0 Å². The lowest BCUT2D eigenvalue weighted by Gasteiger charge is -2.11. The van der Waals surface area contributed by atoms with Gasteiger partial charge in [0.15, 0.2) is 0 Å². The topological polar surface area (TPSA) is 64.1 Å². The van der Waals surface area contributed by atoms with Crippen molar-refractivity contribution in [2.45, 2.75) is 20.3 Å². The van der Waals surface area contributed by atoms with E-state index in [0.717, 1.165) is 11.3 Å². The number of aryl methyl sites for hydroxylation is 2. The van der Waals surface area contributed by atoms with Crippen LogP contribution in [0.3, 0.4) is 0 Å². The molecule has 26 heavy (non-hydrogen) atoms. The standard InChI is InChI=1S/C20H20FN3O2/c1-12-13(2)24-19-16(10-15(21)11-17(19)23-12)20(25)22-9-8-14-6-4-5-7-18(14)26-3/h4-7,10-11H,8-9H2,1-3H3,(H,22,25). The minimum absolute atomic E-state index is 0.190. The van der Waals surface area contributed by atoms with Crippen molar-refractivity contribution in [2.24, 2.45) is 0 Å². The zero-order valence-electron chi connectivity index (χ0n) is 15.0. The lowest BCUT2D eigenvalue weighted by atomic mass is 10.1. The van der Waals surface area contributed by atoms with Crippen molar-refractivity contribution in [3.8, 4) is 5.75 Å². The lowest BCUT2D eigenvalue weighted by molar-refractivity contribution is 0.0955. The highest BCUT2D eigenvalue weighted by Gasteiger charge is 2.15. The van der Waals surface area contributed by atoms with Crippen molar-refractivity contribution in [1.82, 2.24) is 15.3 Å². The third kappa shape index (κ3) is 3.64. The second-order valence-corrected chi connectivity index (χ2v) is 6.03. The van der Waals surface area contributed by atoms with Crippen molar-refractivity contribution in [2.75, 3.05) is 13.7 Å². The molecule has 0 saturated heterocycles. The van der Waals surface area contributed by atoms with E-state index in [1.165, 1.54) is 12.1 Å². The molecule has 3 rings (SSSR count). The maximum atomic E-state index is 13.9. The van der Waals surface area contributed by atoms with Crippen LogP contribution in [0.15, 0.2) is 36.4 Å². The van der Waals surface area contributed by atoms with Crippen LogP contribution >= 0.6 is 0 Å². The fourth-order valence-corrected chi connectivity index (χ4v) is 2.79. The first-order valence-electron chi connectivity index (χ1n) is 8.34. The zero-order valence-corrected chi connectivity index (χ0v) is 15.0. The molecule has 5 nitrogen and oxygen atoms in total. The molecule has 0 radical (unpaired) electrons. The number of aromatic nitrogens is 2. The minimum Gasteiger partial charge on any atom is -0.496 e. The fraction of sp³-hybridized carbons (Fsp3) is 0.250. The molecule has 0 unspecified atom stereocenters. The Morgan fingerprint density at radius 3 is 2.65 bits per heavy atom. The van der Waals surface area contributed by atoms with Gasteiger partial charge in [0.2, 0.25) is 0 Å². The summed E-state index contributed by atoms with van der Waals surface area (Å²) in [4.78, 5) is 21.3. The molecule has 1 N–H and O–H groups in total. The summed E-state index contributed by atoms with van der Waals surface area (Å²) in [7, 11) is 1.61. The van der Waals surface area contributed by atoms with Gasteiger partial charge in [-0.3, -0.25) is 4.79 Å². The zero-order chi connectivity index (χ0) is 18.7. The van der Waals surface area contributed by atoms with E-state index in [4.69, 9.17) is 4.74 Å². The van der Waals surface area contributed by atoms with Gasteiger partial charge in [-0.15, -0.1) is 0 Å². The van der Waals surface area contributed by atoms with Crippen LogP contribution in [-0.2, 0) is 6.42 Å². The number of hydrogen-bond acceptors (Lipinski definition) is 4. The Bertz CT molecular complexity index is 973. The van der Waals surface area contributed by atoms with E-state index in [2.05, 4.69) is 15.3 Å². The van der Waals surface area contributed by atoms with E-state index in [-0.39, 0.29) is 11.5 Å². The molecule has 0 aliphatic rings. The highest BCUT2D eigenvalue weighted by molar-refractivity contribution is 6.04. The number of rotatable bonds is 5. The van der Waals surface area contributed by atoms with Crippen molar-refractivity contribution in [3.05, 3.63) is 64.7 Å². The van der Waals surface area contributed by atoms with Crippen molar-refractivity contribution >= 4 is 16.9 Å². The molecule has 0 bridgehead atoms. The quantitative estimate of drug-likeness (QED) is 0.764. The summed E-state index contributed by atoms with van der Waals surface area (Å²) in [5.41, 5.74) is 3.39. The SMILES string of the molecule is COc1ccccc1CCNC(=O)c1cc(F)cc2nc(C)c(C)nc12. The third-order valence-corrected chi connectivity index (χ3v) is 4.26. The molecule has 1 heterocycles. The Kier molecular flexibility index (Phi) is 5.11. The Balaban J connectivity index is 1.80. The number of nitrogens with zero attached hydrogens (tertiary/aromatic N) is 2. The number of carbonyl (C=O) groups excluding carboxylic acids is 1. The van der Waals surface area contributed by atoms with Crippen LogP contribution in [0.4, 0.5) is 4.39 Å². The molecule has 0 aliphatic carbocycles. The first-order valence-corrected chi connectivity index (χ1v) is 8.34. The number of benzene rings is 2. The average molecular weight is 353 g/mol. The molecule has 6 heteroatoms. The Labute approximate surface area is 151 Å². The number of para-hydroxylation sites is 1.